The van der Waals surface area contributed by atoms with Crippen LogP contribution in [-0.4, -0.2) is 23.2 Å². The zero-order valence-electron chi connectivity index (χ0n) is 12.1. The molecule has 0 aliphatic carbocycles. The Morgan fingerprint density at radius 2 is 1.95 bits per heavy atom. The number of nitrogens with one attached hydrogen (secondary N) is 1. The number of rotatable bonds is 5. The van der Waals surface area contributed by atoms with Crippen LogP contribution in [0.5, 0.6) is 0 Å². The summed E-state index contributed by atoms with van der Waals surface area (Å²) < 4.78 is 29.5. The van der Waals surface area contributed by atoms with Crippen LogP contribution in [0, 0.1) is 0 Å². The second-order valence-corrected chi connectivity index (χ2v) is 6.53. The molecule has 0 bridgehead atoms. The van der Waals surface area contributed by atoms with Gasteiger partial charge in [-0.25, -0.2) is 13.1 Å². The van der Waals surface area contributed by atoms with Gasteiger partial charge in [0, 0.05) is 24.3 Å². The fourth-order valence-corrected chi connectivity index (χ4v) is 3.51. The molecule has 2 heterocycles. The Morgan fingerprint density at radius 1 is 1.14 bits per heavy atom. The number of pyridine rings is 1. The molecule has 114 valence electrons. The first kappa shape index (κ1) is 14.7. The van der Waals surface area contributed by atoms with Crippen molar-refractivity contribution in [3.63, 3.8) is 0 Å². The first-order valence-corrected chi connectivity index (χ1v) is 8.44. The summed E-state index contributed by atoms with van der Waals surface area (Å²) in [7, 11) is -3.64. The third kappa shape index (κ3) is 2.72. The van der Waals surface area contributed by atoms with Crippen molar-refractivity contribution in [3.8, 4) is 0 Å². The number of hydrogen-bond donors (Lipinski definition) is 1. The minimum absolute atomic E-state index is 0.188. The van der Waals surface area contributed by atoms with Gasteiger partial charge in [0.2, 0.25) is 10.0 Å². The lowest BCUT2D eigenvalue weighted by Gasteiger charge is -2.09. The van der Waals surface area contributed by atoms with Gasteiger partial charge in [0.1, 0.15) is 4.90 Å². The summed E-state index contributed by atoms with van der Waals surface area (Å²) in [5.41, 5.74) is 1.29. The molecule has 1 aromatic carbocycles. The van der Waals surface area contributed by atoms with Gasteiger partial charge in [-0.1, -0.05) is 18.2 Å². The molecule has 0 spiro atoms. The second kappa shape index (κ2) is 5.86. The molecule has 3 rings (SSSR count). The van der Waals surface area contributed by atoms with Gasteiger partial charge in [0.15, 0.2) is 0 Å². The molecule has 1 N–H and O–H groups in total. The summed E-state index contributed by atoms with van der Waals surface area (Å²) in [4.78, 5) is 4.38. The van der Waals surface area contributed by atoms with Gasteiger partial charge < -0.3 is 0 Å². The van der Waals surface area contributed by atoms with Gasteiger partial charge in [-0.15, -0.1) is 0 Å². The number of nitrogens with zero attached hydrogens (tertiary/aromatic N) is 3. The van der Waals surface area contributed by atoms with Gasteiger partial charge in [0.25, 0.3) is 0 Å². The topological polar surface area (TPSA) is 76.9 Å². The molecular formula is C15H16N4O2S. The number of aromatic nitrogens is 3. The molecule has 6 nitrogen and oxygen atoms in total. The van der Waals surface area contributed by atoms with Gasteiger partial charge in [-0.3, -0.25) is 9.67 Å². The summed E-state index contributed by atoms with van der Waals surface area (Å²) in [5, 5.41) is 4.92. The van der Waals surface area contributed by atoms with Crippen LogP contribution in [0.1, 0.15) is 12.6 Å². The number of fused-ring (bicyclic) bond motifs is 1. The molecule has 0 fully saturated rings. The minimum atomic E-state index is -3.64. The molecule has 0 unspecified atom stereocenters. The lowest BCUT2D eigenvalue weighted by Crippen LogP contribution is -2.25. The summed E-state index contributed by atoms with van der Waals surface area (Å²) in [5.74, 6) is 0. The Labute approximate surface area is 128 Å². The molecule has 0 atom stereocenters. The Morgan fingerprint density at radius 3 is 2.77 bits per heavy atom. The molecule has 0 aliphatic rings. The van der Waals surface area contributed by atoms with Crippen molar-refractivity contribution < 1.29 is 8.42 Å². The van der Waals surface area contributed by atoms with Gasteiger partial charge in [-0.05, 0) is 25.1 Å². The molecule has 22 heavy (non-hydrogen) atoms. The molecule has 0 saturated heterocycles. The summed E-state index contributed by atoms with van der Waals surface area (Å²) in [6.45, 7) is 2.85. The van der Waals surface area contributed by atoms with E-state index in [1.54, 1.807) is 41.3 Å². The van der Waals surface area contributed by atoms with Crippen LogP contribution in [0.2, 0.25) is 0 Å². The normalized spacial score (nSPS) is 11.9. The van der Waals surface area contributed by atoms with Gasteiger partial charge in [0.05, 0.1) is 17.8 Å². The van der Waals surface area contributed by atoms with Crippen LogP contribution in [-0.2, 0) is 23.1 Å². The van der Waals surface area contributed by atoms with E-state index in [2.05, 4.69) is 14.8 Å². The maximum atomic E-state index is 12.6. The molecule has 0 radical (unpaired) electrons. The fraction of sp³-hybridized carbons (Fsp3) is 0.200. The van der Waals surface area contributed by atoms with Crippen LogP contribution >= 0.6 is 0 Å². The second-order valence-electron chi connectivity index (χ2n) is 4.79. The fourth-order valence-electron chi connectivity index (χ4n) is 2.33. The van der Waals surface area contributed by atoms with E-state index in [0.29, 0.717) is 12.1 Å². The third-order valence-electron chi connectivity index (χ3n) is 3.43. The molecule has 7 heteroatoms. The van der Waals surface area contributed by atoms with E-state index in [9.17, 15) is 8.42 Å². The first-order chi connectivity index (χ1) is 10.6. The summed E-state index contributed by atoms with van der Waals surface area (Å²) in [6, 6.07) is 10.5. The standard InChI is InChI=1S/C15H16N4O2S/c1-2-19-13(8-10-17-19)11-18-22(20,21)14-7-3-5-12-6-4-9-16-15(12)14/h3-10,18H,2,11H2,1H3. The lowest BCUT2D eigenvalue weighted by molar-refractivity contribution is 0.571. The number of para-hydroxylation sites is 1. The Balaban J connectivity index is 1.92. The predicted octanol–water partition coefficient (Wildman–Crippen LogP) is 1.93. The predicted molar refractivity (Wildman–Crippen MR) is 83.7 cm³/mol. The highest BCUT2D eigenvalue weighted by molar-refractivity contribution is 7.89. The maximum absolute atomic E-state index is 12.6. The monoisotopic (exact) mass is 316 g/mol. The van der Waals surface area contributed by atoms with E-state index < -0.39 is 10.0 Å². The number of benzene rings is 1. The average molecular weight is 316 g/mol. The number of hydrogen-bond acceptors (Lipinski definition) is 4. The summed E-state index contributed by atoms with van der Waals surface area (Å²) in [6.07, 6.45) is 3.25. The quantitative estimate of drug-likeness (QED) is 0.780. The van der Waals surface area contributed by atoms with Crippen molar-refractivity contribution in [1.82, 2.24) is 19.5 Å². The number of sulfonamides is 1. The van der Waals surface area contributed by atoms with Crippen molar-refractivity contribution >= 4 is 20.9 Å². The largest absolute Gasteiger partial charge is 0.269 e. The molecule has 0 aliphatic heterocycles. The molecule has 0 saturated carbocycles. The van der Waals surface area contributed by atoms with E-state index in [4.69, 9.17) is 0 Å². The third-order valence-corrected chi connectivity index (χ3v) is 4.87. The number of aryl methyl sites for hydroxylation is 1. The highest BCUT2D eigenvalue weighted by Gasteiger charge is 2.18. The van der Waals surface area contributed by atoms with Crippen molar-refractivity contribution in [2.45, 2.75) is 24.9 Å². The van der Waals surface area contributed by atoms with Crippen molar-refractivity contribution in [1.29, 1.82) is 0 Å². The molecule has 0 amide bonds. The van der Waals surface area contributed by atoms with Crippen molar-refractivity contribution in [2.75, 3.05) is 0 Å². The smallest absolute Gasteiger partial charge is 0.243 e. The van der Waals surface area contributed by atoms with E-state index in [0.717, 1.165) is 11.1 Å². The highest BCUT2D eigenvalue weighted by Crippen LogP contribution is 2.20. The van der Waals surface area contributed by atoms with E-state index in [1.165, 1.54) is 0 Å². The molecular weight excluding hydrogens is 300 g/mol. The first-order valence-electron chi connectivity index (χ1n) is 6.96. The van der Waals surface area contributed by atoms with Crippen LogP contribution in [0.15, 0.2) is 53.7 Å². The lowest BCUT2D eigenvalue weighted by atomic mass is 10.2. The van der Waals surface area contributed by atoms with E-state index in [-0.39, 0.29) is 11.4 Å². The van der Waals surface area contributed by atoms with E-state index in [1.807, 2.05) is 19.1 Å². The summed E-state index contributed by atoms with van der Waals surface area (Å²) >= 11 is 0. The van der Waals surface area contributed by atoms with Gasteiger partial charge >= 0.3 is 0 Å². The Hall–Kier alpha value is -2.25. The van der Waals surface area contributed by atoms with E-state index >= 15 is 0 Å². The van der Waals surface area contributed by atoms with Crippen LogP contribution in [0.3, 0.4) is 0 Å². The van der Waals surface area contributed by atoms with Crippen LogP contribution in [0.25, 0.3) is 10.9 Å². The van der Waals surface area contributed by atoms with Gasteiger partial charge in [-0.2, -0.15) is 5.10 Å². The van der Waals surface area contributed by atoms with Crippen molar-refractivity contribution in [2.24, 2.45) is 0 Å². The zero-order chi connectivity index (χ0) is 15.6. The minimum Gasteiger partial charge on any atom is -0.269 e. The van der Waals surface area contributed by atoms with Crippen LogP contribution in [0.4, 0.5) is 0 Å². The average Bonchev–Trinajstić information content (AvgIpc) is 3.00. The SMILES string of the molecule is CCn1nccc1CNS(=O)(=O)c1cccc2cccnc12. The Bertz CT molecular complexity index is 897. The maximum Gasteiger partial charge on any atom is 0.243 e. The zero-order valence-corrected chi connectivity index (χ0v) is 12.9. The Kier molecular flexibility index (Phi) is 3.91. The molecule has 2 aromatic heterocycles. The highest BCUT2D eigenvalue weighted by atomic mass is 32.2. The van der Waals surface area contributed by atoms with Crippen LogP contribution < -0.4 is 4.72 Å². The van der Waals surface area contributed by atoms with Crippen molar-refractivity contribution in [3.05, 3.63) is 54.5 Å². The molecule has 3 aromatic rings.